The molecule has 1 aromatic rings. The molecule has 6 nitrogen and oxygen atoms in total. The number of amides is 1. The quantitative estimate of drug-likeness (QED) is 0.602. The van der Waals surface area contributed by atoms with Crippen molar-refractivity contribution in [1.29, 1.82) is 0 Å². The van der Waals surface area contributed by atoms with Crippen LogP contribution in [0.25, 0.3) is 0 Å². The maximum atomic E-state index is 12.0. The van der Waals surface area contributed by atoms with Gasteiger partial charge in [0, 0.05) is 19.2 Å². The van der Waals surface area contributed by atoms with Gasteiger partial charge in [-0.25, -0.2) is 8.42 Å². The zero-order valence-corrected chi connectivity index (χ0v) is 17.8. The first-order chi connectivity index (χ1) is 12.3. The lowest BCUT2D eigenvalue weighted by molar-refractivity contribution is -0.121. The molecule has 27 heavy (non-hydrogen) atoms. The van der Waals surface area contributed by atoms with E-state index in [0.29, 0.717) is 18.8 Å². The number of carbonyl (C=O) groups excluding carboxylic acids is 1. The van der Waals surface area contributed by atoms with E-state index >= 15 is 0 Å². The van der Waals surface area contributed by atoms with Gasteiger partial charge in [0.2, 0.25) is 5.91 Å². The Morgan fingerprint density at radius 3 is 2.41 bits per heavy atom. The lowest BCUT2D eigenvalue weighted by atomic mass is 9.81. The summed E-state index contributed by atoms with van der Waals surface area (Å²) in [6.07, 6.45) is 5.43. The van der Waals surface area contributed by atoms with Crippen LogP contribution in [-0.2, 0) is 14.6 Å². The molecule has 2 rings (SSSR count). The van der Waals surface area contributed by atoms with Crippen LogP contribution in [0.15, 0.2) is 29.2 Å². The van der Waals surface area contributed by atoms with Crippen LogP contribution < -0.4 is 15.4 Å². The highest BCUT2D eigenvalue weighted by Gasteiger charge is 2.26. The fourth-order valence-corrected chi connectivity index (χ4v) is 3.60. The van der Waals surface area contributed by atoms with Crippen LogP contribution in [0.3, 0.4) is 0 Å². The molecule has 0 unspecified atom stereocenters. The van der Waals surface area contributed by atoms with E-state index in [2.05, 4.69) is 17.6 Å². The van der Waals surface area contributed by atoms with Gasteiger partial charge in [0.15, 0.2) is 9.84 Å². The molecule has 0 saturated carbocycles. The molecular formula is C19H31ClN2O4S. The minimum Gasteiger partial charge on any atom is -0.494 e. The monoisotopic (exact) mass is 418 g/mol. The van der Waals surface area contributed by atoms with E-state index < -0.39 is 9.84 Å². The zero-order valence-electron chi connectivity index (χ0n) is 16.1. The van der Waals surface area contributed by atoms with Gasteiger partial charge < -0.3 is 15.4 Å². The van der Waals surface area contributed by atoms with Crippen LogP contribution in [0.5, 0.6) is 5.75 Å². The van der Waals surface area contributed by atoms with Crippen LogP contribution in [-0.4, -0.2) is 46.8 Å². The van der Waals surface area contributed by atoms with Crippen molar-refractivity contribution >= 4 is 28.2 Å². The minimum absolute atomic E-state index is 0. The summed E-state index contributed by atoms with van der Waals surface area (Å²) in [6, 6.07) is 6.39. The lowest BCUT2D eigenvalue weighted by Gasteiger charge is -2.34. The van der Waals surface area contributed by atoms with Gasteiger partial charge in [-0.15, -0.1) is 12.4 Å². The summed E-state index contributed by atoms with van der Waals surface area (Å²) in [5.74, 6) is 0.739. The van der Waals surface area contributed by atoms with Crippen LogP contribution in [0.1, 0.15) is 39.0 Å². The van der Waals surface area contributed by atoms with Crippen molar-refractivity contribution in [3.8, 4) is 5.75 Å². The average molecular weight is 419 g/mol. The minimum atomic E-state index is -3.18. The van der Waals surface area contributed by atoms with Crippen molar-refractivity contribution in [1.82, 2.24) is 10.6 Å². The number of hydrogen-bond donors (Lipinski definition) is 2. The number of nitrogens with one attached hydrogen (secondary N) is 2. The molecule has 8 heteroatoms. The fraction of sp³-hybridized carbons (Fsp3) is 0.632. The Labute approximate surface area is 168 Å². The molecule has 0 atom stereocenters. The standard InChI is InChI=1S/C19H30N2O4S.ClH/c1-19(10-12-20-13-11-19)15-21-18(22)5-3-4-14-25-16-6-8-17(9-7-16)26(2,23)24;/h6-9,20H,3-5,10-15H2,1-2H3,(H,21,22);1H. The van der Waals surface area contributed by atoms with Gasteiger partial charge in [0.25, 0.3) is 0 Å². The van der Waals surface area contributed by atoms with Gasteiger partial charge in [-0.05, 0) is 68.5 Å². The molecule has 1 aromatic carbocycles. The molecule has 154 valence electrons. The summed E-state index contributed by atoms with van der Waals surface area (Å²) in [6.45, 7) is 5.53. The smallest absolute Gasteiger partial charge is 0.220 e. The third kappa shape index (κ3) is 8.49. The van der Waals surface area contributed by atoms with Crippen molar-refractivity contribution in [3.05, 3.63) is 24.3 Å². The number of hydrogen-bond acceptors (Lipinski definition) is 5. The van der Waals surface area contributed by atoms with Gasteiger partial charge in [-0.1, -0.05) is 6.92 Å². The van der Waals surface area contributed by atoms with Crippen LogP contribution in [0.2, 0.25) is 0 Å². The Hall–Kier alpha value is -1.31. The topological polar surface area (TPSA) is 84.5 Å². The molecule has 0 aliphatic carbocycles. The molecule has 1 aliphatic rings. The Morgan fingerprint density at radius 2 is 1.81 bits per heavy atom. The highest BCUT2D eigenvalue weighted by atomic mass is 35.5. The maximum absolute atomic E-state index is 12.0. The Balaban J connectivity index is 0.00000364. The fourth-order valence-electron chi connectivity index (χ4n) is 2.97. The molecule has 2 N–H and O–H groups in total. The SMILES string of the molecule is CC1(CNC(=O)CCCCOc2ccc(S(C)(=O)=O)cc2)CCNCC1.Cl. The van der Waals surface area contributed by atoms with Crippen LogP contribution in [0.4, 0.5) is 0 Å². The second-order valence-electron chi connectivity index (χ2n) is 7.39. The second kappa shape index (κ2) is 10.9. The maximum Gasteiger partial charge on any atom is 0.220 e. The third-order valence-electron chi connectivity index (χ3n) is 4.84. The van der Waals surface area contributed by atoms with E-state index in [9.17, 15) is 13.2 Å². The lowest BCUT2D eigenvalue weighted by Crippen LogP contribution is -2.42. The summed E-state index contributed by atoms with van der Waals surface area (Å²) >= 11 is 0. The van der Waals surface area contributed by atoms with Crippen LogP contribution in [0, 0.1) is 5.41 Å². The van der Waals surface area contributed by atoms with Crippen molar-refractivity contribution in [3.63, 3.8) is 0 Å². The van der Waals surface area contributed by atoms with Gasteiger partial charge in [-0.2, -0.15) is 0 Å². The molecule has 1 heterocycles. The number of unbranched alkanes of at least 4 members (excludes halogenated alkanes) is 1. The highest BCUT2D eigenvalue weighted by Crippen LogP contribution is 2.26. The molecule has 1 amide bonds. The van der Waals surface area contributed by atoms with E-state index in [-0.39, 0.29) is 28.6 Å². The number of piperidine rings is 1. The summed E-state index contributed by atoms with van der Waals surface area (Å²) in [4.78, 5) is 12.2. The van der Waals surface area contributed by atoms with E-state index in [1.807, 2.05) is 0 Å². The predicted octanol–water partition coefficient (Wildman–Crippen LogP) is 2.57. The summed E-state index contributed by atoms with van der Waals surface area (Å²) in [5.41, 5.74) is 0.210. The van der Waals surface area contributed by atoms with Gasteiger partial charge >= 0.3 is 0 Å². The molecule has 1 fully saturated rings. The normalized spacial score (nSPS) is 16.2. The number of sulfone groups is 1. The second-order valence-corrected chi connectivity index (χ2v) is 9.40. The summed E-state index contributed by atoms with van der Waals surface area (Å²) in [7, 11) is -3.18. The number of ether oxygens (including phenoxy) is 1. The van der Waals surface area contributed by atoms with E-state index in [1.165, 1.54) is 6.26 Å². The molecule has 1 saturated heterocycles. The van der Waals surface area contributed by atoms with Crippen molar-refractivity contribution in [2.45, 2.75) is 43.9 Å². The predicted molar refractivity (Wildman–Crippen MR) is 109 cm³/mol. The van der Waals surface area contributed by atoms with Gasteiger partial charge in [0.1, 0.15) is 5.75 Å². The molecule has 0 bridgehead atoms. The number of rotatable bonds is 9. The van der Waals surface area contributed by atoms with Crippen molar-refractivity contribution in [2.24, 2.45) is 5.41 Å². The first kappa shape index (κ1) is 23.7. The molecule has 0 spiro atoms. The van der Waals surface area contributed by atoms with Crippen molar-refractivity contribution in [2.75, 3.05) is 32.5 Å². The van der Waals surface area contributed by atoms with Crippen molar-refractivity contribution < 1.29 is 17.9 Å². The largest absolute Gasteiger partial charge is 0.494 e. The van der Waals surface area contributed by atoms with Gasteiger partial charge in [-0.3, -0.25) is 4.79 Å². The highest BCUT2D eigenvalue weighted by molar-refractivity contribution is 7.90. The number of carbonyl (C=O) groups is 1. The Kier molecular flexibility index (Phi) is 9.56. The molecular weight excluding hydrogens is 388 g/mol. The molecule has 0 radical (unpaired) electrons. The van der Waals surface area contributed by atoms with E-state index in [4.69, 9.17) is 4.74 Å². The zero-order chi connectivity index (χ0) is 19.0. The first-order valence-corrected chi connectivity index (χ1v) is 11.1. The summed E-state index contributed by atoms with van der Waals surface area (Å²) < 4.78 is 28.4. The number of benzene rings is 1. The molecule has 1 aliphatic heterocycles. The Bertz CT molecular complexity index is 686. The number of halogens is 1. The molecule has 0 aromatic heterocycles. The summed E-state index contributed by atoms with van der Waals surface area (Å²) in [5, 5.41) is 6.40. The van der Waals surface area contributed by atoms with Crippen LogP contribution >= 0.6 is 12.4 Å². The van der Waals surface area contributed by atoms with E-state index in [1.54, 1.807) is 24.3 Å². The first-order valence-electron chi connectivity index (χ1n) is 9.19. The average Bonchev–Trinajstić information content (AvgIpc) is 2.60. The third-order valence-corrected chi connectivity index (χ3v) is 5.97. The Morgan fingerprint density at radius 1 is 1.19 bits per heavy atom. The van der Waals surface area contributed by atoms with Gasteiger partial charge in [0.05, 0.1) is 11.5 Å². The van der Waals surface area contributed by atoms with E-state index in [0.717, 1.165) is 45.3 Å².